The van der Waals surface area contributed by atoms with E-state index < -0.39 is 12.2 Å². The molecule has 0 aliphatic heterocycles. The number of unbranched alkanes of at least 4 members (excludes halogenated alkanes) is 3. The van der Waals surface area contributed by atoms with Crippen LogP contribution < -0.4 is 0 Å². The number of carbonyl (C=O) groups is 2. The Bertz CT molecular complexity index is 519. The van der Waals surface area contributed by atoms with Gasteiger partial charge in [0.15, 0.2) is 0 Å². The molecule has 0 unspecified atom stereocenters. The number of aliphatic hydroxyl groups excluding tert-OH is 2. The summed E-state index contributed by atoms with van der Waals surface area (Å²) < 4.78 is 4.62. The molecule has 4 atom stereocenters. The van der Waals surface area contributed by atoms with Gasteiger partial charge in [-0.15, -0.1) is 0 Å². The first-order valence-corrected chi connectivity index (χ1v) is 10.1. The molecule has 0 amide bonds. The molecule has 0 heterocycles. The molecule has 5 heteroatoms. The number of ether oxygens (including phenoxy) is 1. The minimum absolute atomic E-state index is 0.116. The Kier molecular flexibility index (Phi) is 11.2. The molecule has 0 aromatic heterocycles. The highest BCUT2D eigenvalue weighted by molar-refractivity contribution is 5.84. The summed E-state index contributed by atoms with van der Waals surface area (Å²) in [4.78, 5) is 23.3. The van der Waals surface area contributed by atoms with Crippen LogP contribution in [-0.4, -0.2) is 41.3 Å². The molecule has 0 radical (unpaired) electrons. The summed E-state index contributed by atoms with van der Waals surface area (Å²) in [6.45, 7) is 4.06. The fraction of sp³-hybridized carbons (Fsp3) is 0.727. The van der Waals surface area contributed by atoms with E-state index in [0.29, 0.717) is 12.8 Å². The molecule has 0 bridgehead atoms. The maximum absolute atomic E-state index is 12.2. The van der Waals surface area contributed by atoms with Gasteiger partial charge in [-0.2, -0.15) is 0 Å². The fourth-order valence-corrected chi connectivity index (χ4v) is 3.58. The lowest BCUT2D eigenvalue weighted by molar-refractivity contribution is -0.140. The van der Waals surface area contributed by atoms with Gasteiger partial charge in [0.2, 0.25) is 0 Å². The van der Waals surface area contributed by atoms with E-state index in [1.165, 1.54) is 12.7 Å². The SMILES string of the molecule is COC(=O)CCCCCC[C@H]1C(=O)C[C@@H](O)[C@@H]1/C=C/[C@H](O)CCC=C(C)C. The van der Waals surface area contributed by atoms with Gasteiger partial charge in [0.1, 0.15) is 5.78 Å². The lowest BCUT2D eigenvalue weighted by atomic mass is 9.88. The summed E-state index contributed by atoms with van der Waals surface area (Å²) in [5.41, 5.74) is 1.23. The molecule has 1 aliphatic carbocycles. The Morgan fingerprint density at radius 2 is 1.96 bits per heavy atom. The van der Waals surface area contributed by atoms with Gasteiger partial charge in [0.05, 0.1) is 19.3 Å². The average Bonchev–Trinajstić information content (AvgIpc) is 2.88. The molecule has 0 spiro atoms. The minimum atomic E-state index is -0.650. The van der Waals surface area contributed by atoms with Crippen molar-refractivity contribution in [1.29, 1.82) is 0 Å². The summed E-state index contributed by atoms with van der Waals surface area (Å²) >= 11 is 0. The van der Waals surface area contributed by atoms with Crippen molar-refractivity contribution in [1.82, 2.24) is 0 Å². The fourth-order valence-electron chi connectivity index (χ4n) is 3.58. The molecule has 0 aromatic rings. The molecule has 5 nitrogen and oxygen atoms in total. The number of carbonyl (C=O) groups excluding carboxylic acids is 2. The summed E-state index contributed by atoms with van der Waals surface area (Å²) in [7, 11) is 1.39. The molecule has 0 aromatic carbocycles. The standard InChI is InChI=1S/C22H36O5/c1-16(2)9-8-10-17(23)13-14-19-18(20(24)15-21(19)25)11-6-4-5-7-12-22(26)27-3/h9,13-14,17-19,21,23,25H,4-8,10-12,15H2,1-3H3/b14-13+/t17-,18-,19-,21-/m1/s1. The topological polar surface area (TPSA) is 83.8 Å². The Morgan fingerprint density at radius 3 is 2.63 bits per heavy atom. The lowest BCUT2D eigenvalue weighted by Gasteiger charge is -2.18. The van der Waals surface area contributed by atoms with Crippen molar-refractivity contribution in [2.75, 3.05) is 7.11 Å². The van der Waals surface area contributed by atoms with Crippen LogP contribution in [-0.2, 0) is 14.3 Å². The number of methoxy groups -OCH3 is 1. The summed E-state index contributed by atoms with van der Waals surface area (Å²) in [6.07, 6.45) is 10.9. The number of aliphatic hydroxyl groups is 2. The van der Waals surface area contributed by atoms with E-state index in [1.807, 2.05) is 19.9 Å². The predicted molar refractivity (Wildman–Crippen MR) is 106 cm³/mol. The van der Waals surface area contributed by atoms with E-state index in [2.05, 4.69) is 10.8 Å². The smallest absolute Gasteiger partial charge is 0.305 e. The molecular weight excluding hydrogens is 344 g/mol. The van der Waals surface area contributed by atoms with Gasteiger partial charge < -0.3 is 14.9 Å². The summed E-state index contributed by atoms with van der Waals surface area (Å²) in [6, 6.07) is 0. The van der Waals surface area contributed by atoms with Crippen molar-refractivity contribution in [2.24, 2.45) is 11.8 Å². The van der Waals surface area contributed by atoms with Crippen molar-refractivity contribution >= 4 is 11.8 Å². The summed E-state index contributed by atoms with van der Waals surface area (Å²) in [5, 5.41) is 20.3. The third-order valence-electron chi connectivity index (χ3n) is 5.18. The van der Waals surface area contributed by atoms with E-state index in [4.69, 9.17) is 0 Å². The lowest BCUT2D eigenvalue weighted by Crippen LogP contribution is -2.19. The van der Waals surface area contributed by atoms with Crippen LogP contribution >= 0.6 is 0 Å². The Labute approximate surface area is 163 Å². The van der Waals surface area contributed by atoms with E-state index >= 15 is 0 Å². The van der Waals surface area contributed by atoms with Crippen LogP contribution in [0.5, 0.6) is 0 Å². The van der Waals surface area contributed by atoms with Crippen molar-refractivity contribution in [3.63, 3.8) is 0 Å². The van der Waals surface area contributed by atoms with Crippen LogP contribution in [0.3, 0.4) is 0 Å². The molecule has 154 valence electrons. The van der Waals surface area contributed by atoms with Crippen LogP contribution in [0.15, 0.2) is 23.8 Å². The van der Waals surface area contributed by atoms with Gasteiger partial charge in [0.25, 0.3) is 0 Å². The molecule has 1 aliphatic rings. The number of hydrogen-bond acceptors (Lipinski definition) is 5. The Morgan fingerprint density at radius 1 is 1.26 bits per heavy atom. The number of hydrogen-bond donors (Lipinski definition) is 2. The highest BCUT2D eigenvalue weighted by Crippen LogP contribution is 2.34. The maximum Gasteiger partial charge on any atom is 0.305 e. The van der Waals surface area contributed by atoms with Crippen LogP contribution in [0.2, 0.25) is 0 Å². The number of rotatable bonds is 12. The van der Waals surface area contributed by atoms with Gasteiger partial charge in [-0.05, 0) is 39.5 Å². The van der Waals surface area contributed by atoms with Crippen LogP contribution in [0.4, 0.5) is 0 Å². The zero-order valence-corrected chi connectivity index (χ0v) is 17.0. The average molecular weight is 381 g/mol. The molecule has 2 N–H and O–H groups in total. The second-order valence-electron chi connectivity index (χ2n) is 7.76. The maximum atomic E-state index is 12.2. The number of Topliss-reactive ketones (excluding diaryl/α,β-unsaturated/α-hetero) is 1. The Balaban J connectivity index is 2.40. The first kappa shape index (κ1) is 23.6. The number of allylic oxidation sites excluding steroid dienone is 2. The normalized spacial score (nSPS) is 23.6. The van der Waals surface area contributed by atoms with Crippen molar-refractivity contribution in [3.8, 4) is 0 Å². The second-order valence-corrected chi connectivity index (χ2v) is 7.76. The van der Waals surface area contributed by atoms with Gasteiger partial charge in [-0.3, -0.25) is 9.59 Å². The second kappa shape index (κ2) is 12.8. The molecule has 27 heavy (non-hydrogen) atoms. The zero-order chi connectivity index (χ0) is 20.2. The van der Waals surface area contributed by atoms with Gasteiger partial charge in [-0.25, -0.2) is 0 Å². The predicted octanol–water partition coefficient (Wildman–Crippen LogP) is 3.73. The van der Waals surface area contributed by atoms with Crippen molar-refractivity contribution in [3.05, 3.63) is 23.8 Å². The van der Waals surface area contributed by atoms with E-state index in [-0.39, 0.29) is 30.0 Å². The third kappa shape index (κ3) is 9.34. The molecule has 1 saturated carbocycles. The first-order valence-electron chi connectivity index (χ1n) is 10.1. The molecular formula is C22H36O5. The van der Waals surface area contributed by atoms with Crippen molar-refractivity contribution in [2.45, 2.75) is 83.8 Å². The number of esters is 1. The van der Waals surface area contributed by atoms with Gasteiger partial charge >= 0.3 is 5.97 Å². The molecule has 0 saturated heterocycles. The quantitative estimate of drug-likeness (QED) is 0.306. The zero-order valence-electron chi connectivity index (χ0n) is 17.0. The largest absolute Gasteiger partial charge is 0.469 e. The van der Waals surface area contributed by atoms with E-state index in [9.17, 15) is 19.8 Å². The highest BCUT2D eigenvalue weighted by Gasteiger charge is 2.39. The van der Waals surface area contributed by atoms with Crippen molar-refractivity contribution < 1.29 is 24.5 Å². The number of ketones is 1. The Hall–Kier alpha value is -1.46. The molecule has 1 rings (SSSR count). The van der Waals surface area contributed by atoms with Crippen LogP contribution in [0.25, 0.3) is 0 Å². The summed E-state index contributed by atoms with van der Waals surface area (Å²) in [5.74, 6) is -0.435. The minimum Gasteiger partial charge on any atom is -0.469 e. The van der Waals surface area contributed by atoms with Crippen LogP contribution in [0, 0.1) is 11.8 Å². The van der Waals surface area contributed by atoms with Gasteiger partial charge in [-0.1, -0.05) is 43.1 Å². The first-order chi connectivity index (χ1) is 12.8. The van der Waals surface area contributed by atoms with E-state index in [1.54, 1.807) is 6.08 Å². The van der Waals surface area contributed by atoms with Crippen LogP contribution in [0.1, 0.15) is 71.6 Å². The van der Waals surface area contributed by atoms with E-state index in [0.717, 1.165) is 38.5 Å². The third-order valence-corrected chi connectivity index (χ3v) is 5.18. The monoisotopic (exact) mass is 380 g/mol. The van der Waals surface area contributed by atoms with Gasteiger partial charge in [0, 0.05) is 24.7 Å². The molecule has 1 fully saturated rings. The highest BCUT2D eigenvalue weighted by atomic mass is 16.5.